The van der Waals surface area contributed by atoms with Crippen LogP contribution >= 0.6 is 15.9 Å². The number of amides is 1. The molecule has 2 aliphatic rings. The first kappa shape index (κ1) is 29.1. The summed E-state index contributed by atoms with van der Waals surface area (Å²) in [5, 5.41) is 26.0. The molecular weight excluding hydrogens is 596 g/mol. The summed E-state index contributed by atoms with van der Waals surface area (Å²) in [5.74, 6) is 0.691. The maximum Gasteiger partial charge on any atom is 0.422 e. The minimum atomic E-state index is -1.28. The van der Waals surface area contributed by atoms with Gasteiger partial charge in [0.15, 0.2) is 12.1 Å². The van der Waals surface area contributed by atoms with E-state index in [1.165, 1.54) is 4.68 Å². The number of nitriles is 1. The number of nitrogens with zero attached hydrogens (tertiary/aromatic N) is 4. The van der Waals surface area contributed by atoms with Crippen molar-refractivity contribution in [3.8, 4) is 11.8 Å². The molecular formula is C28H31BrN6O6. The van der Waals surface area contributed by atoms with Crippen molar-refractivity contribution in [3.63, 3.8) is 0 Å². The van der Waals surface area contributed by atoms with Crippen LogP contribution in [0.5, 0.6) is 0 Å². The second-order valence-electron chi connectivity index (χ2n) is 10.8. The van der Waals surface area contributed by atoms with Crippen LogP contribution in [0.4, 0.5) is 4.79 Å². The molecule has 0 aliphatic carbocycles. The third-order valence-corrected chi connectivity index (χ3v) is 7.02. The Balaban J connectivity index is 1.48. The Morgan fingerprint density at radius 2 is 1.98 bits per heavy atom. The van der Waals surface area contributed by atoms with Gasteiger partial charge in [0, 0.05) is 10.0 Å². The molecule has 0 saturated carbocycles. The van der Waals surface area contributed by atoms with Crippen LogP contribution in [0.15, 0.2) is 53.0 Å². The number of benzene rings is 2. The number of hydrogen-bond donors (Lipinski definition) is 3. The molecule has 0 radical (unpaired) electrons. The van der Waals surface area contributed by atoms with Gasteiger partial charge in [-0.2, -0.15) is 10.4 Å². The average molecular weight is 627 g/mol. The van der Waals surface area contributed by atoms with E-state index in [-0.39, 0.29) is 12.4 Å². The molecule has 12 nitrogen and oxygen atoms in total. The third-order valence-electron chi connectivity index (χ3n) is 6.52. The van der Waals surface area contributed by atoms with Gasteiger partial charge >= 0.3 is 6.09 Å². The lowest BCUT2D eigenvalue weighted by Crippen LogP contribution is -2.66. The monoisotopic (exact) mass is 626 g/mol. The summed E-state index contributed by atoms with van der Waals surface area (Å²) in [4.78, 5) is 17.1. The number of aryl methyl sites for hydroxylation is 1. The van der Waals surface area contributed by atoms with Crippen LogP contribution in [0.25, 0.3) is 5.69 Å². The fraction of sp³-hybridized carbons (Fsp3) is 0.429. The van der Waals surface area contributed by atoms with E-state index in [2.05, 4.69) is 42.9 Å². The zero-order chi connectivity index (χ0) is 29.3. The summed E-state index contributed by atoms with van der Waals surface area (Å²) in [6.45, 7) is 7.10. The Hall–Kier alpha value is -3.38. The van der Waals surface area contributed by atoms with Gasteiger partial charge in [-0.15, -0.1) is 0 Å². The van der Waals surface area contributed by atoms with Crippen molar-refractivity contribution in [2.24, 2.45) is 0 Å². The molecule has 3 heterocycles. The number of hydrazine groups is 1. The first-order chi connectivity index (χ1) is 19.5. The van der Waals surface area contributed by atoms with Crippen molar-refractivity contribution >= 4 is 22.0 Å². The standard InChI is InChI=1S/C28H31BrN6O6/c1-15-31-25(35(34-15)19-12-18(29)11-10-17(19)13-30)24-22(36)21(32-33-27(37)41-28(2,3)4)23-20(39-24)14-38-26(40-23)16-8-6-5-7-9-16/h5-12,20-24,26,32,36H,14H2,1-4H3,(H,33,37)/t20?,21?,22?,23-,24+,26?/m0/s1. The third kappa shape index (κ3) is 6.43. The van der Waals surface area contributed by atoms with Gasteiger partial charge in [-0.3, -0.25) is 5.43 Å². The number of fused-ring (bicyclic) bond motifs is 1. The minimum absolute atomic E-state index is 0.144. The summed E-state index contributed by atoms with van der Waals surface area (Å²) in [6.07, 6.45) is -5.11. The van der Waals surface area contributed by atoms with E-state index in [4.69, 9.17) is 18.9 Å². The summed E-state index contributed by atoms with van der Waals surface area (Å²) in [7, 11) is 0. The highest BCUT2D eigenvalue weighted by Crippen LogP contribution is 2.39. The van der Waals surface area contributed by atoms with Gasteiger partial charge in [0.25, 0.3) is 0 Å². The van der Waals surface area contributed by atoms with E-state index in [1.54, 1.807) is 45.9 Å². The van der Waals surface area contributed by atoms with Crippen LogP contribution in [0.3, 0.4) is 0 Å². The quantitative estimate of drug-likeness (QED) is 0.358. The smallest absolute Gasteiger partial charge is 0.422 e. The van der Waals surface area contributed by atoms with Crippen LogP contribution in [0, 0.1) is 18.3 Å². The number of aromatic nitrogens is 3. The first-order valence-corrected chi connectivity index (χ1v) is 13.9. The lowest BCUT2D eigenvalue weighted by atomic mass is 9.91. The number of ether oxygens (including phenoxy) is 4. The predicted molar refractivity (Wildman–Crippen MR) is 148 cm³/mol. The lowest BCUT2D eigenvalue weighted by Gasteiger charge is -2.48. The molecule has 1 amide bonds. The molecule has 2 saturated heterocycles. The topological polar surface area (TPSA) is 153 Å². The number of nitrogens with one attached hydrogen (secondary N) is 2. The number of carbonyl (C=O) groups is 1. The molecule has 6 atom stereocenters. The van der Waals surface area contributed by atoms with Crippen molar-refractivity contribution < 1.29 is 28.8 Å². The van der Waals surface area contributed by atoms with Crippen LogP contribution < -0.4 is 10.9 Å². The normalized spacial score (nSPS) is 26.1. The maximum atomic E-state index is 12.5. The van der Waals surface area contributed by atoms with Gasteiger partial charge in [0.05, 0.1) is 23.9 Å². The summed E-state index contributed by atoms with van der Waals surface area (Å²) < 4.78 is 26.3. The van der Waals surface area contributed by atoms with Gasteiger partial charge in [0.1, 0.15) is 41.9 Å². The molecule has 216 valence electrons. The van der Waals surface area contributed by atoms with Crippen LogP contribution in [0.1, 0.15) is 55.9 Å². The minimum Gasteiger partial charge on any atom is -0.443 e. The van der Waals surface area contributed by atoms with Gasteiger partial charge in [-0.1, -0.05) is 46.3 Å². The van der Waals surface area contributed by atoms with Crippen LogP contribution in [-0.2, 0) is 18.9 Å². The Bertz CT molecular complexity index is 1440. The Kier molecular flexibility index (Phi) is 8.42. The van der Waals surface area contributed by atoms with Gasteiger partial charge in [0.2, 0.25) is 0 Å². The van der Waals surface area contributed by atoms with Crippen molar-refractivity contribution in [1.82, 2.24) is 25.6 Å². The highest BCUT2D eigenvalue weighted by atomic mass is 79.9. The predicted octanol–water partition coefficient (Wildman–Crippen LogP) is 3.52. The molecule has 2 aromatic carbocycles. The molecule has 4 unspecified atom stereocenters. The van der Waals surface area contributed by atoms with Gasteiger partial charge in [-0.25, -0.2) is 19.9 Å². The van der Waals surface area contributed by atoms with Gasteiger partial charge in [-0.05, 0) is 45.9 Å². The molecule has 41 heavy (non-hydrogen) atoms. The second-order valence-corrected chi connectivity index (χ2v) is 11.7. The van der Waals surface area contributed by atoms with Crippen LogP contribution in [-0.4, -0.2) is 62.5 Å². The molecule has 5 rings (SSSR count). The molecule has 13 heteroatoms. The largest absolute Gasteiger partial charge is 0.443 e. The molecule has 2 aliphatic heterocycles. The molecule has 3 N–H and O–H groups in total. The van der Waals surface area contributed by atoms with E-state index >= 15 is 0 Å². The molecule has 0 spiro atoms. The Morgan fingerprint density at radius 3 is 2.68 bits per heavy atom. The zero-order valence-corrected chi connectivity index (χ0v) is 24.5. The lowest BCUT2D eigenvalue weighted by molar-refractivity contribution is -0.313. The van der Waals surface area contributed by atoms with E-state index in [0.29, 0.717) is 17.1 Å². The molecule has 1 aromatic heterocycles. The van der Waals surface area contributed by atoms with Crippen molar-refractivity contribution in [1.29, 1.82) is 5.26 Å². The van der Waals surface area contributed by atoms with Crippen LogP contribution in [0.2, 0.25) is 0 Å². The van der Waals surface area contributed by atoms with E-state index in [1.807, 2.05) is 30.3 Å². The maximum absolute atomic E-state index is 12.5. The van der Waals surface area contributed by atoms with E-state index in [9.17, 15) is 15.2 Å². The SMILES string of the molecule is Cc1nc([C@@H]2OC3COC(c4ccccc4)O[C@@H]3C(NNC(=O)OC(C)(C)C)C2O)n(-c2cc(Br)ccc2C#N)n1. The van der Waals surface area contributed by atoms with Gasteiger partial charge < -0.3 is 24.1 Å². The molecule has 2 fully saturated rings. The molecule has 0 bridgehead atoms. The summed E-state index contributed by atoms with van der Waals surface area (Å²) in [6, 6.07) is 15.9. The fourth-order valence-electron chi connectivity index (χ4n) is 4.81. The second kappa shape index (κ2) is 11.8. The number of aliphatic hydroxyl groups excluding tert-OH is 1. The average Bonchev–Trinajstić information content (AvgIpc) is 3.32. The number of halogens is 1. The highest BCUT2D eigenvalue weighted by Gasteiger charge is 2.51. The zero-order valence-electron chi connectivity index (χ0n) is 22.9. The Labute approximate surface area is 245 Å². The van der Waals surface area contributed by atoms with Crippen molar-refractivity contribution in [2.45, 2.75) is 70.0 Å². The summed E-state index contributed by atoms with van der Waals surface area (Å²) in [5.41, 5.74) is 6.35. The number of carbonyl (C=O) groups excluding carboxylic acids is 1. The Morgan fingerprint density at radius 1 is 1.22 bits per heavy atom. The number of hydrogen-bond acceptors (Lipinski definition) is 10. The van der Waals surface area contributed by atoms with Crippen molar-refractivity contribution in [2.75, 3.05) is 6.61 Å². The van der Waals surface area contributed by atoms with Crippen molar-refractivity contribution in [3.05, 3.63) is 75.8 Å². The fourth-order valence-corrected chi connectivity index (χ4v) is 5.16. The molecule has 3 aromatic rings. The number of rotatable bonds is 5. The van der Waals surface area contributed by atoms with E-state index in [0.717, 1.165) is 10.0 Å². The highest BCUT2D eigenvalue weighted by molar-refractivity contribution is 9.10. The summed E-state index contributed by atoms with van der Waals surface area (Å²) >= 11 is 3.45. The van der Waals surface area contributed by atoms with E-state index < -0.39 is 48.4 Å². The number of aliphatic hydroxyl groups is 1. The first-order valence-electron chi connectivity index (χ1n) is 13.1.